The summed E-state index contributed by atoms with van der Waals surface area (Å²) in [5.74, 6) is 0. The highest BCUT2D eigenvalue weighted by molar-refractivity contribution is 7.13. The molecule has 3 aromatic rings. The van der Waals surface area contributed by atoms with Gasteiger partial charge in [0.2, 0.25) is 0 Å². The monoisotopic (exact) mass is 366 g/mol. The molecule has 3 rings (SSSR count). The van der Waals surface area contributed by atoms with E-state index >= 15 is 0 Å². The minimum absolute atomic E-state index is 0.0444. The lowest BCUT2D eigenvalue weighted by Gasteiger charge is -2.08. The normalized spacial score (nSPS) is 10.7. The second-order valence-corrected chi connectivity index (χ2v) is 6.67. The van der Waals surface area contributed by atoms with Crippen LogP contribution in [0.15, 0.2) is 45.4 Å². The summed E-state index contributed by atoms with van der Waals surface area (Å²) in [6, 6.07) is 10.0. The van der Waals surface area contributed by atoms with Crippen molar-refractivity contribution in [3.05, 3.63) is 73.5 Å². The van der Waals surface area contributed by atoms with Crippen molar-refractivity contribution in [3.63, 3.8) is 0 Å². The Morgan fingerprint density at radius 1 is 1.19 bits per heavy atom. The fourth-order valence-corrected chi connectivity index (χ4v) is 3.47. The first kappa shape index (κ1) is 17.8. The van der Waals surface area contributed by atoms with Crippen LogP contribution in [0.5, 0.6) is 0 Å². The van der Waals surface area contributed by atoms with E-state index in [1.54, 1.807) is 6.92 Å². The SMILES string of the molecule is CCc1ccc(-c2nc(Cn3c(=O)c(C#N)cn(CC)c3=O)cs2)cc1. The number of hydrogen-bond acceptors (Lipinski definition) is 5. The van der Waals surface area contributed by atoms with E-state index in [0.29, 0.717) is 12.2 Å². The van der Waals surface area contributed by atoms with Gasteiger partial charge >= 0.3 is 5.69 Å². The van der Waals surface area contributed by atoms with Crippen molar-refractivity contribution in [1.82, 2.24) is 14.1 Å². The average Bonchev–Trinajstić information content (AvgIpc) is 3.14. The minimum atomic E-state index is -0.580. The number of benzene rings is 1. The largest absolute Gasteiger partial charge is 0.331 e. The molecule has 0 atom stereocenters. The zero-order valence-electron chi connectivity index (χ0n) is 14.6. The number of aromatic nitrogens is 3. The van der Waals surface area contributed by atoms with E-state index in [1.807, 2.05) is 23.6 Å². The zero-order valence-corrected chi connectivity index (χ0v) is 15.4. The summed E-state index contributed by atoms with van der Waals surface area (Å²) < 4.78 is 2.43. The Morgan fingerprint density at radius 3 is 2.54 bits per heavy atom. The van der Waals surface area contributed by atoms with Crippen LogP contribution in [0.3, 0.4) is 0 Å². The first-order chi connectivity index (χ1) is 12.6. The Morgan fingerprint density at radius 2 is 1.92 bits per heavy atom. The second-order valence-electron chi connectivity index (χ2n) is 5.81. The van der Waals surface area contributed by atoms with Crippen LogP contribution in [0.25, 0.3) is 10.6 Å². The molecular formula is C19H18N4O2S. The summed E-state index contributed by atoms with van der Waals surface area (Å²) in [5.41, 5.74) is 1.83. The topological polar surface area (TPSA) is 80.7 Å². The van der Waals surface area contributed by atoms with Gasteiger partial charge in [0.25, 0.3) is 5.56 Å². The maximum atomic E-state index is 12.4. The summed E-state index contributed by atoms with van der Waals surface area (Å²) >= 11 is 1.47. The summed E-state index contributed by atoms with van der Waals surface area (Å²) in [6.07, 6.45) is 2.29. The van der Waals surface area contributed by atoms with Gasteiger partial charge in [-0.3, -0.25) is 13.9 Å². The fraction of sp³-hybridized carbons (Fsp3) is 0.263. The third kappa shape index (κ3) is 3.37. The number of hydrogen-bond donors (Lipinski definition) is 0. The predicted molar refractivity (Wildman–Crippen MR) is 101 cm³/mol. The van der Waals surface area contributed by atoms with Gasteiger partial charge in [-0.1, -0.05) is 31.2 Å². The first-order valence-electron chi connectivity index (χ1n) is 8.35. The van der Waals surface area contributed by atoms with Crippen molar-refractivity contribution in [1.29, 1.82) is 5.26 Å². The molecule has 2 heterocycles. The molecule has 0 aliphatic heterocycles. The molecular weight excluding hydrogens is 348 g/mol. The zero-order chi connectivity index (χ0) is 18.7. The van der Waals surface area contributed by atoms with E-state index in [4.69, 9.17) is 5.26 Å². The Balaban J connectivity index is 1.96. The average molecular weight is 366 g/mol. The molecule has 0 N–H and O–H groups in total. The van der Waals surface area contributed by atoms with Gasteiger partial charge in [-0.15, -0.1) is 11.3 Å². The van der Waals surface area contributed by atoms with Gasteiger partial charge in [0.15, 0.2) is 0 Å². The summed E-state index contributed by atoms with van der Waals surface area (Å²) in [7, 11) is 0. The minimum Gasteiger partial charge on any atom is -0.299 e. The molecule has 7 heteroatoms. The molecule has 0 fully saturated rings. The van der Waals surface area contributed by atoms with E-state index in [-0.39, 0.29) is 12.1 Å². The molecule has 0 unspecified atom stereocenters. The van der Waals surface area contributed by atoms with Gasteiger partial charge < -0.3 is 0 Å². The van der Waals surface area contributed by atoms with Crippen LogP contribution in [0, 0.1) is 11.3 Å². The predicted octanol–water partition coefficient (Wildman–Crippen LogP) is 2.64. The molecule has 2 aromatic heterocycles. The van der Waals surface area contributed by atoms with Crippen LogP contribution in [0.4, 0.5) is 0 Å². The van der Waals surface area contributed by atoms with Crippen molar-refractivity contribution in [2.24, 2.45) is 0 Å². The molecule has 6 nitrogen and oxygen atoms in total. The molecule has 0 amide bonds. The highest BCUT2D eigenvalue weighted by Crippen LogP contribution is 2.24. The molecule has 0 bridgehead atoms. The summed E-state index contributed by atoms with van der Waals surface area (Å²) in [6.45, 7) is 4.33. The molecule has 0 saturated carbocycles. The molecule has 26 heavy (non-hydrogen) atoms. The lowest BCUT2D eigenvalue weighted by Crippen LogP contribution is -2.41. The van der Waals surface area contributed by atoms with Crippen LogP contribution in [0.2, 0.25) is 0 Å². The van der Waals surface area contributed by atoms with Gasteiger partial charge in [-0.2, -0.15) is 5.26 Å². The lowest BCUT2D eigenvalue weighted by molar-refractivity contribution is 0.593. The number of thiazole rings is 1. The standard InChI is InChI=1S/C19H18N4O2S/c1-3-13-5-7-14(8-6-13)17-21-16(12-26-17)11-23-18(24)15(9-20)10-22(4-2)19(23)25/h5-8,10,12H,3-4,11H2,1-2H3. The Bertz CT molecular complexity index is 1080. The second kappa shape index (κ2) is 7.50. The van der Waals surface area contributed by atoms with Crippen molar-refractivity contribution in [2.45, 2.75) is 33.4 Å². The van der Waals surface area contributed by atoms with Crippen LogP contribution in [-0.4, -0.2) is 14.1 Å². The number of aryl methyl sites for hydroxylation is 2. The van der Waals surface area contributed by atoms with Crippen LogP contribution in [-0.2, 0) is 19.5 Å². The Labute approximate surface area is 154 Å². The molecule has 0 spiro atoms. The first-order valence-corrected chi connectivity index (χ1v) is 9.23. The van der Waals surface area contributed by atoms with Crippen LogP contribution >= 0.6 is 11.3 Å². The van der Waals surface area contributed by atoms with E-state index in [0.717, 1.165) is 21.6 Å². The Hall–Kier alpha value is -2.98. The van der Waals surface area contributed by atoms with E-state index in [1.165, 1.54) is 27.7 Å². The number of rotatable bonds is 5. The maximum absolute atomic E-state index is 12.4. The number of nitrogens with zero attached hydrogens (tertiary/aromatic N) is 4. The highest BCUT2D eigenvalue weighted by Gasteiger charge is 2.13. The van der Waals surface area contributed by atoms with Crippen molar-refractivity contribution in [3.8, 4) is 16.6 Å². The molecule has 1 aromatic carbocycles. The maximum Gasteiger partial charge on any atom is 0.331 e. The molecule has 0 aliphatic carbocycles. The van der Waals surface area contributed by atoms with Gasteiger partial charge in [0.1, 0.15) is 16.6 Å². The third-order valence-corrected chi connectivity index (χ3v) is 5.12. The van der Waals surface area contributed by atoms with E-state index < -0.39 is 11.2 Å². The van der Waals surface area contributed by atoms with Crippen molar-refractivity contribution in [2.75, 3.05) is 0 Å². The van der Waals surface area contributed by atoms with Gasteiger partial charge in [-0.25, -0.2) is 9.78 Å². The molecule has 0 radical (unpaired) electrons. The number of nitriles is 1. The van der Waals surface area contributed by atoms with Crippen molar-refractivity contribution >= 4 is 11.3 Å². The van der Waals surface area contributed by atoms with E-state index in [9.17, 15) is 9.59 Å². The van der Waals surface area contributed by atoms with Gasteiger partial charge in [-0.05, 0) is 18.9 Å². The van der Waals surface area contributed by atoms with Gasteiger partial charge in [0, 0.05) is 23.7 Å². The van der Waals surface area contributed by atoms with Crippen LogP contribution in [0.1, 0.15) is 30.7 Å². The lowest BCUT2D eigenvalue weighted by atomic mass is 10.1. The van der Waals surface area contributed by atoms with Crippen molar-refractivity contribution < 1.29 is 0 Å². The summed E-state index contributed by atoms with van der Waals surface area (Å²) in [5, 5.41) is 11.8. The molecule has 132 valence electrons. The third-order valence-electron chi connectivity index (χ3n) is 4.18. The molecule has 0 saturated heterocycles. The fourth-order valence-electron chi connectivity index (χ4n) is 2.65. The smallest absolute Gasteiger partial charge is 0.299 e. The van der Waals surface area contributed by atoms with E-state index in [2.05, 4.69) is 24.0 Å². The Kier molecular flexibility index (Phi) is 5.14. The quantitative estimate of drug-likeness (QED) is 0.695. The van der Waals surface area contributed by atoms with Crippen LogP contribution < -0.4 is 11.2 Å². The summed E-state index contributed by atoms with van der Waals surface area (Å²) in [4.78, 5) is 29.3. The van der Waals surface area contributed by atoms with Gasteiger partial charge in [0.05, 0.1) is 12.2 Å². The highest BCUT2D eigenvalue weighted by atomic mass is 32.1. The molecule has 0 aliphatic rings.